The van der Waals surface area contributed by atoms with Gasteiger partial charge in [-0.05, 0) is 57.9 Å². The van der Waals surface area contributed by atoms with Crippen molar-refractivity contribution in [3.05, 3.63) is 75.3 Å². The maximum atomic E-state index is 14.2. The third kappa shape index (κ3) is 5.20. The Morgan fingerprint density at radius 3 is 1.94 bits per heavy atom. The molecule has 1 aliphatic rings. The van der Waals surface area contributed by atoms with Gasteiger partial charge in [0, 0.05) is 11.1 Å². The van der Waals surface area contributed by atoms with Gasteiger partial charge in [0.2, 0.25) is 0 Å². The van der Waals surface area contributed by atoms with Crippen LogP contribution in [0.3, 0.4) is 0 Å². The molecule has 0 saturated carbocycles. The van der Waals surface area contributed by atoms with E-state index in [1.807, 2.05) is 13.8 Å². The highest BCUT2D eigenvalue weighted by atomic mass is 79.9. The molecule has 3 rings (SSSR count). The van der Waals surface area contributed by atoms with E-state index in [1.165, 1.54) is 19.1 Å². The van der Waals surface area contributed by atoms with Crippen LogP contribution >= 0.6 is 15.9 Å². The van der Waals surface area contributed by atoms with E-state index in [-0.39, 0.29) is 23.5 Å². The summed E-state index contributed by atoms with van der Waals surface area (Å²) in [6.45, 7) is 5.39. The van der Waals surface area contributed by atoms with E-state index >= 15 is 0 Å². The first-order valence-corrected chi connectivity index (χ1v) is 11.3. The molecule has 0 aromatic heterocycles. The van der Waals surface area contributed by atoms with Crippen molar-refractivity contribution in [2.75, 3.05) is 0 Å². The normalized spacial score (nSPS) is 16.5. The highest BCUT2D eigenvalue weighted by Gasteiger charge is 2.61. The Balaban J connectivity index is 0.000000278. The van der Waals surface area contributed by atoms with E-state index in [0.717, 1.165) is 36.1 Å². The van der Waals surface area contributed by atoms with E-state index in [0.29, 0.717) is 10.9 Å². The number of halogens is 5. The highest BCUT2D eigenvalue weighted by molar-refractivity contribution is 9.10. The lowest BCUT2D eigenvalue weighted by Gasteiger charge is -2.33. The zero-order valence-electron chi connectivity index (χ0n) is 18.2. The molecule has 2 aromatic carbocycles. The van der Waals surface area contributed by atoms with E-state index in [9.17, 15) is 27.8 Å². The van der Waals surface area contributed by atoms with Gasteiger partial charge in [-0.25, -0.2) is 0 Å². The Hall–Kier alpha value is -2.28. The maximum absolute atomic E-state index is 14.2. The predicted molar refractivity (Wildman–Crippen MR) is 124 cm³/mol. The standard InChI is InChI=1S/C17H18F4.C8H9BrO2/c1-3-5-12-6-8-13(9-7-12)15-11-10-14(4-2)16(18,19)17(15,20)21;1-2-5-3-4-6(9)8(11)7(5)10/h6-11H,3-5H2,1-2H3;3-4,10-11H,2H2,1H3. The van der Waals surface area contributed by atoms with Crippen LogP contribution in [0, 0.1) is 0 Å². The first kappa shape index (κ1) is 26.0. The maximum Gasteiger partial charge on any atom is 0.339 e. The lowest BCUT2D eigenvalue weighted by molar-refractivity contribution is -0.149. The quantitative estimate of drug-likeness (QED) is 0.312. The van der Waals surface area contributed by atoms with Crippen LogP contribution in [-0.2, 0) is 12.8 Å². The van der Waals surface area contributed by atoms with E-state index in [1.54, 1.807) is 24.3 Å². The van der Waals surface area contributed by atoms with Crippen molar-refractivity contribution in [3.63, 3.8) is 0 Å². The first-order chi connectivity index (χ1) is 15.0. The van der Waals surface area contributed by atoms with Gasteiger partial charge in [-0.3, -0.25) is 0 Å². The van der Waals surface area contributed by atoms with Crippen molar-refractivity contribution in [2.24, 2.45) is 0 Å². The largest absolute Gasteiger partial charge is 0.504 e. The zero-order valence-corrected chi connectivity index (χ0v) is 19.8. The van der Waals surface area contributed by atoms with Gasteiger partial charge in [0.1, 0.15) is 0 Å². The smallest absolute Gasteiger partial charge is 0.339 e. The topological polar surface area (TPSA) is 40.5 Å². The number of rotatable bonds is 5. The van der Waals surface area contributed by atoms with Crippen molar-refractivity contribution in [1.82, 2.24) is 0 Å². The minimum absolute atomic E-state index is 0.0260. The number of phenols is 2. The van der Waals surface area contributed by atoms with Gasteiger partial charge >= 0.3 is 11.8 Å². The molecular formula is C25H27BrF4O2. The second kappa shape index (κ2) is 10.6. The van der Waals surface area contributed by atoms with Crippen molar-refractivity contribution >= 4 is 21.5 Å². The molecule has 2 nitrogen and oxygen atoms in total. The average molecular weight is 515 g/mol. The molecule has 0 saturated heterocycles. The molecule has 0 aliphatic heterocycles. The van der Waals surface area contributed by atoms with Gasteiger partial charge in [-0.2, -0.15) is 17.6 Å². The Labute approximate surface area is 194 Å². The third-order valence-electron chi connectivity index (χ3n) is 5.34. The molecule has 7 heteroatoms. The molecule has 0 atom stereocenters. The number of aryl methyl sites for hydroxylation is 2. The summed E-state index contributed by atoms with van der Waals surface area (Å²) < 4.78 is 56.7. The van der Waals surface area contributed by atoms with Gasteiger partial charge in [-0.15, -0.1) is 0 Å². The van der Waals surface area contributed by atoms with Crippen LogP contribution in [0.5, 0.6) is 11.5 Å². The molecule has 0 spiro atoms. The fourth-order valence-corrected chi connectivity index (χ4v) is 3.72. The molecule has 174 valence electrons. The van der Waals surface area contributed by atoms with Gasteiger partial charge < -0.3 is 10.2 Å². The lowest BCUT2D eigenvalue weighted by atomic mass is 9.85. The summed E-state index contributed by atoms with van der Waals surface area (Å²) in [6.07, 6.45) is 4.64. The summed E-state index contributed by atoms with van der Waals surface area (Å²) in [4.78, 5) is 0. The van der Waals surface area contributed by atoms with E-state index < -0.39 is 23.0 Å². The number of allylic oxidation sites excluding steroid dienone is 4. The molecule has 1 aliphatic carbocycles. The van der Waals surface area contributed by atoms with Gasteiger partial charge in [0.25, 0.3) is 0 Å². The third-order valence-corrected chi connectivity index (χ3v) is 5.98. The molecule has 32 heavy (non-hydrogen) atoms. The molecule has 2 aromatic rings. The minimum atomic E-state index is -4.18. The Morgan fingerprint density at radius 1 is 0.781 bits per heavy atom. The SMILES string of the molecule is CCCc1ccc(C2=CC=C(CC)C(F)(F)C2(F)F)cc1.CCc1ccc(Br)c(O)c1O. The minimum Gasteiger partial charge on any atom is -0.504 e. The Bertz CT molecular complexity index is 996. The van der Waals surface area contributed by atoms with E-state index in [2.05, 4.69) is 15.9 Å². The van der Waals surface area contributed by atoms with E-state index in [4.69, 9.17) is 0 Å². The fraction of sp³-hybridized carbons (Fsp3) is 0.360. The summed E-state index contributed by atoms with van der Waals surface area (Å²) in [5, 5.41) is 18.5. The average Bonchev–Trinajstić information content (AvgIpc) is 2.75. The number of hydrogen-bond donors (Lipinski definition) is 2. The van der Waals surface area contributed by atoms with Crippen molar-refractivity contribution < 1.29 is 27.8 Å². The summed E-state index contributed by atoms with van der Waals surface area (Å²) >= 11 is 3.10. The number of benzene rings is 2. The first-order valence-electron chi connectivity index (χ1n) is 10.5. The molecule has 0 heterocycles. The van der Waals surface area contributed by atoms with Crippen LogP contribution in [0.25, 0.3) is 5.57 Å². The molecule has 0 amide bonds. The second-order valence-electron chi connectivity index (χ2n) is 7.48. The van der Waals surface area contributed by atoms with Crippen LogP contribution in [0.15, 0.2) is 58.6 Å². The van der Waals surface area contributed by atoms with Crippen molar-refractivity contribution in [1.29, 1.82) is 0 Å². The molecule has 0 bridgehead atoms. The molecular weight excluding hydrogens is 488 g/mol. The molecule has 0 unspecified atom stereocenters. The summed E-state index contributed by atoms with van der Waals surface area (Å²) in [7, 11) is 0. The lowest BCUT2D eigenvalue weighted by Crippen LogP contribution is -2.44. The number of aromatic hydroxyl groups is 2. The highest BCUT2D eigenvalue weighted by Crippen LogP contribution is 2.51. The van der Waals surface area contributed by atoms with Gasteiger partial charge in [-0.1, -0.05) is 69.7 Å². The van der Waals surface area contributed by atoms with Crippen LogP contribution in [0.2, 0.25) is 0 Å². The van der Waals surface area contributed by atoms with Crippen molar-refractivity contribution in [2.45, 2.75) is 58.3 Å². The Morgan fingerprint density at radius 2 is 1.41 bits per heavy atom. The molecule has 2 N–H and O–H groups in total. The molecule has 0 radical (unpaired) electrons. The van der Waals surface area contributed by atoms with Gasteiger partial charge in [0.15, 0.2) is 11.5 Å². The van der Waals surface area contributed by atoms with Crippen LogP contribution in [0.1, 0.15) is 50.3 Å². The summed E-state index contributed by atoms with van der Waals surface area (Å²) in [5.74, 6) is -8.42. The van der Waals surface area contributed by atoms with Crippen LogP contribution in [0.4, 0.5) is 17.6 Å². The number of alkyl halides is 4. The monoisotopic (exact) mass is 514 g/mol. The van der Waals surface area contributed by atoms with Gasteiger partial charge in [0.05, 0.1) is 4.47 Å². The van der Waals surface area contributed by atoms with Crippen molar-refractivity contribution in [3.8, 4) is 11.5 Å². The van der Waals surface area contributed by atoms with Crippen LogP contribution in [-0.4, -0.2) is 22.1 Å². The Kier molecular flexibility index (Phi) is 8.57. The number of hydrogen-bond acceptors (Lipinski definition) is 2. The zero-order chi connectivity index (χ0) is 24.1. The fourth-order valence-electron chi connectivity index (χ4n) is 3.40. The predicted octanol–water partition coefficient (Wildman–Crippen LogP) is 8.07. The summed E-state index contributed by atoms with van der Waals surface area (Å²) in [6, 6.07) is 9.91. The summed E-state index contributed by atoms with van der Waals surface area (Å²) in [5.41, 5.74) is 0.765. The number of phenolic OH excluding ortho intramolecular Hbond substituents is 2. The second-order valence-corrected chi connectivity index (χ2v) is 8.33. The molecule has 0 fully saturated rings. The van der Waals surface area contributed by atoms with Crippen LogP contribution < -0.4 is 0 Å².